The normalized spacial score (nSPS) is 10.2. The van der Waals surface area contributed by atoms with E-state index in [0.29, 0.717) is 17.9 Å². The van der Waals surface area contributed by atoms with Crippen molar-refractivity contribution in [2.75, 3.05) is 30.4 Å². The van der Waals surface area contributed by atoms with Crippen LogP contribution in [0.1, 0.15) is 19.4 Å². The summed E-state index contributed by atoms with van der Waals surface area (Å²) in [5, 5.41) is 2.67. The minimum absolute atomic E-state index is 0.0400. The first-order valence-electron chi connectivity index (χ1n) is 8.65. The van der Waals surface area contributed by atoms with Crippen LogP contribution in [-0.4, -0.2) is 47.7 Å². The van der Waals surface area contributed by atoms with E-state index in [9.17, 15) is 14.4 Å². The van der Waals surface area contributed by atoms with Gasteiger partial charge in [-0.05, 0) is 48.4 Å². The van der Waals surface area contributed by atoms with E-state index in [-0.39, 0.29) is 24.3 Å². The van der Waals surface area contributed by atoms with Gasteiger partial charge in [0.05, 0.1) is 0 Å². The molecule has 2 rings (SSSR count). The Hall–Kier alpha value is -3.22. The molecule has 0 aliphatic rings. The average molecular weight is 368 g/mol. The molecule has 0 saturated carbocycles. The van der Waals surface area contributed by atoms with Gasteiger partial charge in [-0.15, -0.1) is 0 Å². The molecule has 1 N–H and O–H groups in total. The van der Waals surface area contributed by atoms with Crippen molar-refractivity contribution in [2.24, 2.45) is 0 Å². The zero-order chi connectivity index (χ0) is 19.8. The Morgan fingerprint density at radius 1 is 1.00 bits per heavy atom. The van der Waals surface area contributed by atoms with Crippen LogP contribution >= 0.6 is 0 Å². The number of benzene rings is 1. The maximum atomic E-state index is 12.5. The van der Waals surface area contributed by atoms with Gasteiger partial charge in [0.2, 0.25) is 17.7 Å². The minimum atomic E-state index is -0.224. The third-order valence-corrected chi connectivity index (χ3v) is 4.08. The van der Waals surface area contributed by atoms with Crippen LogP contribution in [0.15, 0.2) is 48.8 Å². The van der Waals surface area contributed by atoms with E-state index >= 15 is 0 Å². The van der Waals surface area contributed by atoms with Crippen molar-refractivity contribution in [3.8, 4) is 0 Å². The molecular weight excluding hydrogens is 344 g/mol. The zero-order valence-corrected chi connectivity index (χ0v) is 15.8. The molecule has 1 aromatic heterocycles. The third-order valence-electron chi connectivity index (χ3n) is 4.08. The standard InChI is InChI=1S/C20H24N4O3/c1-15(25)22-18-4-6-19(7-5-18)24(16(2)26)14-20(27)23(3)13-10-17-8-11-21-12-9-17/h4-9,11-12H,10,13-14H2,1-3H3,(H,22,25). The summed E-state index contributed by atoms with van der Waals surface area (Å²) in [4.78, 5) is 42.7. The maximum Gasteiger partial charge on any atom is 0.242 e. The van der Waals surface area contributed by atoms with E-state index in [2.05, 4.69) is 10.3 Å². The Kier molecular flexibility index (Phi) is 7.05. The number of rotatable bonds is 7. The van der Waals surface area contributed by atoms with Gasteiger partial charge in [-0.1, -0.05) is 0 Å². The van der Waals surface area contributed by atoms with Crippen LogP contribution < -0.4 is 10.2 Å². The van der Waals surface area contributed by atoms with E-state index < -0.39 is 0 Å². The lowest BCUT2D eigenvalue weighted by Gasteiger charge is -2.24. The Morgan fingerprint density at radius 3 is 2.19 bits per heavy atom. The molecule has 0 unspecified atom stereocenters. The van der Waals surface area contributed by atoms with Gasteiger partial charge in [-0.2, -0.15) is 0 Å². The number of amides is 3. The van der Waals surface area contributed by atoms with Gasteiger partial charge in [0.15, 0.2) is 0 Å². The second-order valence-corrected chi connectivity index (χ2v) is 6.25. The Labute approximate surface area is 159 Å². The van der Waals surface area contributed by atoms with Crippen LogP contribution in [0.2, 0.25) is 0 Å². The largest absolute Gasteiger partial charge is 0.344 e. The predicted octanol–water partition coefficient (Wildman–Crippen LogP) is 2.09. The van der Waals surface area contributed by atoms with E-state index in [1.807, 2.05) is 12.1 Å². The first-order valence-corrected chi connectivity index (χ1v) is 8.65. The molecule has 0 saturated heterocycles. The number of aromatic nitrogens is 1. The number of nitrogens with zero attached hydrogens (tertiary/aromatic N) is 3. The highest BCUT2D eigenvalue weighted by Crippen LogP contribution is 2.18. The summed E-state index contributed by atoms with van der Waals surface area (Å²) in [6.45, 7) is 3.36. The Balaban J connectivity index is 1.98. The number of carbonyl (C=O) groups is 3. The molecule has 0 aliphatic heterocycles. The van der Waals surface area contributed by atoms with Crippen molar-refractivity contribution < 1.29 is 14.4 Å². The monoisotopic (exact) mass is 368 g/mol. The average Bonchev–Trinajstić information content (AvgIpc) is 2.65. The van der Waals surface area contributed by atoms with Crippen molar-refractivity contribution in [1.82, 2.24) is 9.88 Å². The van der Waals surface area contributed by atoms with Crippen LogP contribution in [-0.2, 0) is 20.8 Å². The number of hydrogen-bond acceptors (Lipinski definition) is 4. The fourth-order valence-electron chi connectivity index (χ4n) is 2.54. The summed E-state index contributed by atoms with van der Waals surface area (Å²) in [5.74, 6) is -0.541. The van der Waals surface area contributed by atoms with Crippen molar-refractivity contribution in [1.29, 1.82) is 0 Å². The maximum absolute atomic E-state index is 12.5. The molecule has 0 spiro atoms. The van der Waals surface area contributed by atoms with E-state index in [1.165, 1.54) is 18.7 Å². The molecule has 0 bridgehead atoms. The SMILES string of the molecule is CC(=O)Nc1ccc(N(CC(=O)N(C)CCc2ccncc2)C(C)=O)cc1. The highest BCUT2D eigenvalue weighted by Gasteiger charge is 2.18. The fraction of sp³-hybridized carbons (Fsp3) is 0.300. The highest BCUT2D eigenvalue weighted by molar-refractivity contribution is 5.97. The van der Waals surface area contributed by atoms with Crippen molar-refractivity contribution in [3.05, 3.63) is 54.4 Å². The smallest absolute Gasteiger partial charge is 0.242 e. The van der Waals surface area contributed by atoms with Crippen molar-refractivity contribution >= 4 is 29.1 Å². The summed E-state index contributed by atoms with van der Waals surface area (Å²) < 4.78 is 0. The lowest BCUT2D eigenvalue weighted by molar-refractivity contribution is -0.130. The summed E-state index contributed by atoms with van der Waals surface area (Å²) in [5.41, 5.74) is 2.34. The number of hydrogen-bond donors (Lipinski definition) is 1. The minimum Gasteiger partial charge on any atom is -0.344 e. The van der Waals surface area contributed by atoms with Gasteiger partial charge in [0.25, 0.3) is 0 Å². The molecule has 0 fully saturated rings. The quantitative estimate of drug-likeness (QED) is 0.811. The Bertz CT molecular complexity index is 791. The zero-order valence-electron chi connectivity index (χ0n) is 15.8. The van der Waals surface area contributed by atoms with Crippen LogP contribution in [0.25, 0.3) is 0 Å². The van der Waals surface area contributed by atoms with Gasteiger partial charge >= 0.3 is 0 Å². The van der Waals surface area contributed by atoms with Gasteiger partial charge in [0, 0.05) is 51.2 Å². The van der Waals surface area contributed by atoms with Gasteiger partial charge in [-0.3, -0.25) is 19.4 Å². The van der Waals surface area contributed by atoms with Gasteiger partial charge in [0.1, 0.15) is 6.54 Å². The number of likely N-dealkylation sites (N-methyl/N-ethyl adjacent to an activating group) is 1. The molecular formula is C20H24N4O3. The second-order valence-electron chi connectivity index (χ2n) is 6.25. The first kappa shape index (κ1) is 20.1. The lowest BCUT2D eigenvalue weighted by atomic mass is 10.2. The van der Waals surface area contributed by atoms with Crippen LogP contribution in [0.5, 0.6) is 0 Å². The molecule has 0 aliphatic carbocycles. The highest BCUT2D eigenvalue weighted by atomic mass is 16.2. The third kappa shape index (κ3) is 6.22. The number of carbonyl (C=O) groups excluding carboxylic acids is 3. The van der Waals surface area contributed by atoms with E-state index in [4.69, 9.17) is 0 Å². The van der Waals surface area contributed by atoms with Gasteiger partial charge in [-0.25, -0.2) is 0 Å². The second kappa shape index (κ2) is 9.47. The molecule has 142 valence electrons. The molecule has 3 amide bonds. The Morgan fingerprint density at radius 2 is 1.63 bits per heavy atom. The fourth-order valence-corrected chi connectivity index (χ4v) is 2.54. The summed E-state index contributed by atoms with van der Waals surface area (Å²) >= 11 is 0. The molecule has 7 heteroatoms. The molecule has 1 heterocycles. The molecule has 0 atom stereocenters. The summed E-state index contributed by atoms with van der Waals surface area (Å²) in [7, 11) is 1.72. The number of pyridine rings is 1. The van der Waals surface area contributed by atoms with Gasteiger partial charge < -0.3 is 15.1 Å². The van der Waals surface area contributed by atoms with Crippen LogP contribution in [0.3, 0.4) is 0 Å². The number of anilines is 2. The van der Waals surface area contributed by atoms with Crippen LogP contribution in [0, 0.1) is 0 Å². The first-order chi connectivity index (χ1) is 12.9. The number of nitrogens with one attached hydrogen (secondary N) is 1. The molecule has 2 aromatic rings. The summed E-state index contributed by atoms with van der Waals surface area (Å²) in [6.07, 6.45) is 4.16. The summed E-state index contributed by atoms with van der Waals surface area (Å²) in [6, 6.07) is 10.6. The molecule has 27 heavy (non-hydrogen) atoms. The molecule has 0 radical (unpaired) electrons. The van der Waals surface area contributed by atoms with Crippen molar-refractivity contribution in [3.63, 3.8) is 0 Å². The topological polar surface area (TPSA) is 82.6 Å². The van der Waals surface area contributed by atoms with E-state index in [1.54, 1.807) is 48.6 Å². The predicted molar refractivity (Wildman–Crippen MR) is 104 cm³/mol. The van der Waals surface area contributed by atoms with E-state index in [0.717, 1.165) is 12.0 Å². The lowest BCUT2D eigenvalue weighted by Crippen LogP contribution is -2.41. The molecule has 1 aromatic carbocycles. The van der Waals surface area contributed by atoms with Crippen LogP contribution in [0.4, 0.5) is 11.4 Å². The molecule has 7 nitrogen and oxygen atoms in total. The van der Waals surface area contributed by atoms with Crippen molar-refractivity contribution in [2.45, 2.75) is 20.3 Å².